The van der Waals surface area contributed by atoms with Gasteiger partial charge in [-0.15, -0.1) is 0 Å². The van der Waals surface area contributed by atoms with E-state index in [0.29, 0.717) is 23.5 Å². The Morgan fingerprint density at radius 1 is 1.06 bits per heavy atom. The van der Waals surface area contributed by atoms with Crippen molar-refractivity contribution in [1.29, 1.82) is 0 Å². The van der Waals surface area contributed by atoms with E-state index in [1.54, 1.807) is 12.3 Å². The molecule has 0 bridgehead atoms. The number of rotatable bonds is 3. The first-order valence-corrected chi connectivity index (χ1v) is 10.9. The predicted octanol–water partition coefficient (Wildman–Crippen LogP) is 3.97. The number of H-pyrrole nitrogens is 1. The lowest BCUT2D eigenvalue weighted by molar-refractivity contribution is 0.274. The number of fused-ring (bicyclic) bond motifs is 2. The number of aromatic amines is 1. The average molecular weight is 430 g/mol. The van der Waals surface area contributed by atoms with Crippen LogP contribution in [0, 0.1) is 11.7 Å². The minimum Gasteiger partial charge on any atom is -0.506 e. The van der Waals surface area contributed by atoms with Gasteiger partial charge in [0.05, 0.1) is 17.8 Å². The molecule has 0 radical (unpaired) electrons. The molecule has 6 rings (SSSR count). The van der Waals surface area contributed by atoms with Crippen LogP contribution in [-0.2, 0) is 0 Å². The summed E-state index contributed by atoms with van der Waals surface area (Å²) in [5, 5.41) is 9.85. The molecule has 7 nitrogen and oxygen atoms in total. The predicted molar refractivity (Wildman–Crippen MR) is 118 cm³/mol. The molecule has 1 aliphatic heterocycles. The Bertz CT molecular complexity index is 1290. The van der Waals surface area contributed by atoms with Crippen LogP contribution < -0.4 is 10.9 Å². The molecule has 3 aromatic heterocycles. The van der Waals surface area contributed by atoms with Gasteiger partial charge in [0.15, 0.2) is 5.65 Å². The van der Waals surface area contributed by atoms with Crippen molar-refractivity contribution in [3.8, 4) is 16.9 Å². The lowest BCUT2D eigenvalue weighted by Gasteiger charge is -2.32. The van der Waals surface area contributed by atoms with Crippen molar-refractivity contribution in [2.75, 3.05) is 0 Å². The molecule has 1 saturated carbocycles. The maximum absolute atomic E-state index is 13.8. The molecule has 1 saturated heterocycles. The van der Waals surface area contributed by atoms with Crippen LogP contribution in [0.25, 0.3) is 22.3 Å². The van der Waals surface area contributed by atoms with Crippen molar-refractivity contribution in [3.05, 3.63) is 72.2 Å². The second-order valence-electron chi connectivity index (χ2n) is 8.71. The number of imidazole rings is 1. The molecule has 1 aliphatic carbocycles. The van der Waals surface area contributed by atoms with E-state index >= 15 is 0 Å². The summed E-state index contributed by atoms with van der Waals surface area (Å²) in [7, 11) is 0. The molecular formula is C24H23FN6O. The molecule has 1 aromatic carbocycles. The molecular weight excluding hydrogens is 407 g/mol. The van der Waals surface area contributed by atoms with Crippen LogP contribution in [0.4, 0.5) is 4.39 Å². The van der Waals surface area contributed by atoms with Gasteiger partial charge in [-0.25, -0.2) is 19.8 Å². The van der Waals surface area contributed by atoms with Gasteiger partial charge in [0.1, 0.15) is 17.4 Å². The van der Waals surface area contributed by atoms with E-state index < -0.39 is 0 Å². The Labute approximate surface area is 184 Å². The zero-order valence-electron chi connectivity index (χ0n) is 17.3. The lowest BCUT2D eigenvalue weighted by Crippen LogP contribution is -2.34. The summed E-state index contributed by atoms with van der Waals surface area (Å²) in [6.07, 6.45) is 8.06. The average Bonchev–Trinajstić information content (AvgIpc) is 3.42. The molecule has 0 spiro atoms. The van der Waals surface area contributed by atoms with Crippen molar-refractivity contribution >= 4 is 11.2 Å². The highest BCUT2D eigenvalue weighted by Crippen LogP contribution is 2.44. The SMILES string of the molecule is Oc1cncc(C2CCC3NNC(c4nc5nccc(-c6cccc(F)c6)c5[nH]4)C3C2)c1. The minimum atomic E-state index is -0.272. The van der Waals surface area contributed by atoms with E-state index in [2.05, 4.69) is 25.8 Å². The minimum absolute atomic E-state index is 0.00243. The van der Waals surface area contributed by atoms with Crippen LogP contribution in [0.2, 0.25) is 0 Å². The third-order valence-electron chi connectivity index (χ3n) is 6.81. The van der Waals surface area contributed by atoms with Gasteiger partial charge >= 0.3 is 0 Å². The Morgan fingerprint density at radius 2 is 2.00 bits per heavy atom. The molecule has 4 N–H and O–H groups in total. The molecule has 4 heterocycles. The molecule has 32 heavy (non-hydrogen) atoms. The Balaban J connectivity index is 1.33. The van der Waals surface area contributed by atoms with Crippen molar-refractivity contribution in [2.45, 2.75) is 37.3 Å². The quantitative estimate of drug-likeness (QED) is 0.393. The largest absolute Gasteiger partial charge is 0.506 e. The zero-order valence-corrected chi connectivity index (χ0v) is 17.3. The monoisotopic (exact) mass is 430 g/mol. The fourth-order valence-corrected chi connectivity index (χ4v) is 5.27. The van der Waals surface area contributed by atoms with Crippen LogP contribution in [0.3, 0.4) is 0 Å². The third kappa shape index (κ3) is 3.32. The number of nitrogens with one attached hydrogen (secondary N) is 3. The van der Waals surface area contributed by atoms with Crippen LogP contribution in [0.5, 0.6) is 5.75 Å². The number of aromatic nitrogens is 4. The summed E-state index contributed by atoms with van der Waals surface area (Å²) >= 11 is 0. The molecule has 162 valence electrons. The maximum atomic E-state index is 13.8. The summed E-state index contributed by atoms with van der Waals surface area (Å²) in [5.74, 6) is 1.43. The molecule has 0 amide bonds. The first kappa shape index (κ1) is 19.3. The van der Waals surface area contributed by atoms with E-state index in [1.807, 2.05) is 24.4 Å². The standard InChI is InChI=1S/C24H23FN6O/c25-16-3-1-2-14(8-16)18-6-7-27-23-21(18)28-24(29-23)22-19-10-13(4-5-20(19)30-31-22)15-9-17(32)12-26-11-15/h1-3,6-9,11-13,19-20,22,30-32H,4-5,10H2,(H,27,28,29). The van der Waals surface area contributed by atoms with Crippen molar-refractivity contribution < 1.29 is 9.50 Å². The van der Waals surface area contributed by atoms with Crippen LogP contribution >= 0.6 is 0 Å². The number of aromatic hydroxyl groups is 1. The van der Waals surface area contributed by atoms with Crippen molar-refractivity contribution in [3.63, 3.8) is 0 Å². The second-order valence-corrected chi connectivity index (χ2v) is 8.71. The Hall–Kier alpha value is -3.36. The van der Waals surface area contributed by atoms with E-state index in [4.69, 9.17) is 4.98 Å². The van der Waals surface area contributed by atoms with Gasteiger partial charge in [-0.2, -0.15) is 0 Å². The summed E-state index contributed by atoms with van der Waals surface area (Å²) in [5.41, 5.74) is 11.0. The third-order valence-corrected chi connectivity index (χ3v) is 6.81. The topological polar surface area (TPSA) is 98.8 Å². The number of nitrogens with zero attached hydrogens (tertiary/aromatic N) is 3. The first-order chi connectivity index (χ1) is 15.7. The highest BCUT2D eigenvalue weighted by Gasteiger charge is 2.42. The van der Waals surface area contributed by atoms with Gasteiger partial charge in [-0.05, 0) is 66.5 Å². The summed E-state index contributed by atoms with van der Waals surface area (Å²) < 4.78 is 13.8. The number of pyridine rings is 2. The molecule has 2 aliphatic rings. The number of benzene rings is 1. The van der Waals surface area contributed by atoms with Gasteiger partial charge in [-0.3, -0.25) is 10.4 Å². The summed E-state index contributed by atoms with van der Waals surface area (Å²) in [6, 6.07) is 10.6. The number of hydrogen-bond donors (Lipinski definition) is 4. The van der Waals surface area contributed by atoms with E-state index in [9.17, 15) is 9.50 Å². The highest BCUT2D eigenvalue weighted by atomic mass is 19.1. The lowest BCUT2D eigenvalue weighted by atomic mass is 9.73. The number of halogens is 1. The van der Waals surface area contributed by atoms with Gasteiger partial charge in [0.2, 0.25) is 0 Å². The van der Waals surface area contributed by atoms with Crippen LogP contribution in [-0.4, -0.2) is 31.1 Å². The van der Waals surface area contributed by atoms with E-state index in [0.717, 1.165) is 47.3 Å². The maximum Gasteiger partial charge on any atom is 0.178 e. The fourth-order valence-electron chi connectivity index (χ4n) is 5.27. The van der Waals surface area contributed by atoms with Gasteiger partial charge in [-0.1, -0.05) is 12.1 Å². The summed E-state index contributed by atoms with van der Waals surface area (Å²) in [4.78, 5) is 16.9. The van der Waals surface area contributed by atoms with Crippen LogP contribution in [0.15, 0.2) is 55.0 Å². The van der Waals surface area contributed by atoms with E-state index in [1.165, 1.54) is 18.3 Å². The Morgan fingerprint density at radius 3 is 2.88 bits per heavy atom. The van der Waals surface area contributed by atoms with Gasteiger partial charge in [0, 0.05) is 24.0 Å². The molecule has 4 unspecified atom stereocenters. The number of hydrazine groups is 1. The number of hydrogen-bond acceptors (Lipinski definition) is 6. The van der Waals surface area contributed by atoms with Crippen molar-refractivity contribution in [2.24, 2.45) is 5.92 Å². The van der Waals surface area contributed by atoms with E-state index in [-0.39, 0.29) is 17.6 Å². The molecule has 2 fully saturated rings. The summed E-state index contributed by atoms with van der Waals surface area (Å²) in [6.45, 7) is 0. The van der Waals surface area contributed by atoms with Crippen LogP contribution in [0.1, 0.15) is 42.6 Å². The molecule has 4 atom stereocenters. The molecule has 4 aromatic rings. The zero-order chi connectivity index (χ0) is 21.7. The fraction of sp³-hybridized carbons (Fsp3) is 0.292. The highest BCUT2D eigenvalue weighted by molar-refractivity contribution is 5.89. The Kier molecular flexibility index (Phi) is 4.62. The second kappa shape index (κ2) is 7.65. The van der Waals surface area contributed by atoms with Crippen molar-refractivity contribution in [1.82, 2.24) is 30.8 Å². The first-order valence-electron chi connectivity index (χ1n) is 10.9. The normalized spacial score (nSPS) is 25.2. The van der Waals surface area contributed by atoms with Gasteiger partial charge in [0.25, 0.3) is 0 Å². The smallest absolute Gasteiger partial charge is 0.178 e. The molecule has 8 heteroatoms. The van der Waals surface area contributed by atoms with Gasteiger partial charge < -0.3 is 10.1 Å².